The summed E-state index contributed by atoms with van der Waals surface area (Å²) in [5.74, 6) is -0.0669. The topological polar surface area (TPSA) is 61.9 Å². The molecule has 0 saturated carbocycles. The molecular weight excluding hydrogens is 284 g/mol. The van der Waals surface area contributed by atoms with Crippen LogP contribution < -0.4 is 0 Å². The standard InChI is InChI=1S/C15H14N4OS/c1-2-8-19(10-11-5-4-9-21-11)15(20)12-6-3-7-13-14(12)17-18-16-13/h2-7,9H,1,8,10H2,(H,16,17,18). The van der Waals surface area contributed by atoms with E-state index in [0.717, 1.165) is 4.88 Å². The van der Waals surface area contributed by atoms with Crippen molar-refractivity contribution in [3.05, 3.63) is 58.8 Å². The molecule has 0 spiro atoms. The number of hydrogen-bond donors (Lipinski definition) is 1. The predicted molar refractivity (Wildman–Crippen MR) is 83.1 cm³/mol. The van der Waals surface area contributed by atoms with Gasteiger partial charge in [0.25, 0.3) is 5.91 Å². The highest BCUT2D eigenvalue weighted by Gasteiger charge is 2.19. The molecule has 0 unspecified atom stereocenters. The summed E-state index contributed by atoms with van der Waals surface area (Å²) in [4.78, 5) is 15.7. The molecule has 0 aliphatic heterocycles. The first-order valence-electron chi connectivity index (χ1n) is 6.51. The van der Waals surface area contributed by atoms with E-state index >= 15 is 0 Å². The zero-order valence-corrected chi connectivity index (χ0v) is 12.1. The van der Waals surface area contributed by atoms with Gasteiger partial charge in [-0.15, -0.1) is 17.9 Å². The summed E-state index contributed by atoms with van der Waals surface area (Å²) in [5, 5.41) is 12.7. The summed E-state index contributed by atoms with van der Waals surface area (Å²) in [6.45, 7) is 4.79. The Labute approximate surface area is 125 Å². The van der Waals surface area contributed by atoms with Crippen LogP contribution in [0.4, 0.5) is 0 Å². The number of rotatable bonds is 5. The van der Waals surface area contributed by atoms with Crippen LogP contribution in [0.1, 0.15) is 15.2 Å². The summed E-state index contributed by atoms with van der Waals surface area (Å²) in [5.41, 5.74) is 1.85. The molecular formula is C15H14N4OS. The van der Waals surface area contributed by atoms with E-state index in [1.54, 1.807) is 28.4 Å². The number of carbonyl (C=O) groups is 1. The Morgan fingerprint density at radius 3 is 3.00 bits per heavy atom. The van der Waals surface area contributed by atoms with E-state index < -0.39 is 0 Å². The second-order valence-electron chi connectivity index (χ2n) is 4.55. The molecule has 0 fully saturated rings. The fourth-order valence-electron chi connectivity index (χ4n) is 2.18. The number of para-hydroxylation sites is 1. The number of amides is 1. The van der Waals surface area contributed by atoms with Crippen LogP contribution in [0.5, 0.6) is 0 Å². The van der Waals surface area contributed by atoms with Crippen molar-refractivity contribution >= 4 is 28.3 Å². The Bertz CT molecular complexity index is 763. The molecule has 0 atom stereocenters. The van der Waals surface area contributed by atoms with E-state index in [0.29, 0.717) is 29.7 Å². The third kappa shape index (κ3) is 2.71. The van der Waals surface area contributed by atoms with Gasteiger partial charge < -0.3 is 4.90 Å². The van der Waals surface area contributed by atoms with E-state index in [1.807, 2.05) is 29.6 Å². The third-order valence-corrected chi connectivity index (χ3v) is 4.00. The van der Waals surface area contributed by atoms with Gasteiger partial charge in [-0.1, -0.05) is 18.2 Å². The van der Waals surface area contributed by atoms with E-state index in [1.165, 1.54) is 0 Å². The van der Waals surface area contributed by atoms with Crippen LogP contribution in [0.25, 0.3) is 11.0 Å². The first-order chi connectivity index (χ1) is 10.3. The van der Waals surface area contributed by atoms with Gasteiger partial charge in [0.1, 0.15) is 11.0 Å². The van der Waals surface area contributed by atoms with Crippen molar-refractivity contribution in [1.82, 2.24) is 20.3 Å². The maximum atomic E-state index is 12.8. The lowest BCUT2D eigenvalue weighted by atomic mass is 10.1. The Hall–Kier alpha value is -2.47. The second-order valence-corrected chi connectivity index (χ2v) is 5.58. The van der Waals surface area contributed by atoms with E-state index in [9.17, 15) is 4.79 Å². The minimum absolute atomic E-state index is 0.0669. The zero-order valence-electron chi connectivity index (χ0n) is 11.3. The average molecular weight is 298 g/mol. The molecule has 6 heteroatoms. The van der Waals surface area contributed by atoms with Crippen molar-refractivity contribution in [2.45, 2.75) is 6.54 Å². The van der Waals surface area contributed by atoms with Gasteiger partial charge in [-0.2, -0.15) is 15.4 Å². The van der Waals surface area contributed by atoms with Gasteiger partial charge in [0.05, 0.1) is 12.1 Å². The minimum atomic E-state index is -0.0669. The average Bonchev–Trinajstić information content (AvgIpc) is 3.16. The highest BCUT2D eigenvalue weighted by atomic mass is 32.1. The van der Waals surface area contributed by atoms with Crippen LogP contribution in [-0.2, 0) is 6.54 Å². The molecule has 1 N–H and O–H groups in total. The maximum Gasteiger partial charge on any atom is 0.256 e. The summed E-state index contributed by atoms with van der Waals surface area (Å²) < 4.78 is 0. The quantitative estimate of drug-likeness (QED) is 0.737. The first kappa shape index (κ1) is 13.5. The predicted octanol–water partition coefficient (Wildman–Crippen LogP) is 2.85. The maximum absolute atomic E-state index is 12.8. The van der Waals surface area contributed by atoms with Crippen LogP contribution in [-0.4, -0.2) is 32.8 Å². The van der Waals surface area contributed by atoms with Crippen molar-refractivity contribution in [2.24, 2.45) is 0 Å². The van der Waals surface area contributed by atoms with E-state index in [4.69, 9.17) is 0 Å². The number of benzene rings is 1. The first-order valence-corrected chi connectivity index (χ1v) is 7.39. The summed E-state index contributed by atoms with van der Waals surface area (Å²) >= 11 is 1.63. The normalized spacial score (nSPS) is 10.7. The number of fused-ring (bicyclic) bond motifs is 1. The lowest BCUT2D eigenvalue weighted by Crippen LogP contribution is -2.30. The number of aromatic nitrogens is 3. The molecule has 106 valence electrons. The fourth-order valence-corrected chi connectivity index (χ4v) is 2.90. The van der Waals surface area contributed by atoms with Gasteiger partial charge in [-0.05, 0) is 23.6 Å². The van der Waals surface area contributed by atoms with Gasteiger partial charge in [0.15, 0.2) is 0 Å². The van der Waals surface area contributed by atoms with Crippen LogP contribution in [0.15, 0.2) is 48.4 Å². The molecule has 0 aliphatic rings. The van der Waals surface area contributed by atoms with Gasteiger partial charge in [0, 0.05) is 11.4 Å². The molecule has 0 radical (unpaired) electrons. The van der Waals surface area contributed by atoms with Crippen LogP contribution in [0.3, 0.4) is 0 Å². The molecule has 0 bridgehead atoms. The zero-order chi connectivity index (χ0) is 14.7. The second kappa shape index (κ2) is 5.88. The summed E-state index contributed by atoms with van der Waals surface area (Å²) in [6, 6.07) is 9.42. The molecule has 2 heterocycles. The summed E-state index contributed by atoms with van der Waals surface area (Å²) in [7, 11) is 0. The highest BCUT2D eigenvalue weighted by Crippen LogP contribution is 2.18. The lowest BCUT2D eigenvalue weighted by molar-refractivity contribution is 0.0766. The Morgan fingerprint density at radius 2 is 2.24 bits per heavy atom. The number of nitrogens with zero attached hydrogens (tertiary/aromatic N) is 3. The molecule has 3 aromatic rings. The summed E-state index contributed by atoms with van der Waals surface area (Å²) in [6.07, 6.45) is 1.73. The minimum Gasteiger partial charge on any atom is -0.330 e. The molecule has 1 aromatic carbocycles. The largest absolute Gasteiger partial charge is 0.330 e. The molecule has 5 nitrogen and oxygen atoms in total. The van der Waals surface area contributed by atoms with Crippen molar-refractivity contribution < 1.29 is 4.79 Å². The molecule has 0 saturated heterocycles. The van der Waals surface area contributed by atoms with Crippen molar-refractivity contribution in [3.63, 3.8) is 0 Å². The molecule has 1 amide bonds. The third-order valence-electron chi connectivity index (χ3n) is 3.14. The Kier molecular flexibility index (Phi) is 3.79. The number of H-pyrrole nitrogens is 1. The van der Waals surface area contributed by atoms with Crippen LogP contribution in [0, 0.1) is 0 Å². The SMILES string of the molecule is C=CCN(Cc1cccs1)C(=O)c1cccc2n[nH]nc12. The number of aromatic amines is 1. The lowest BCUT2D eigenvalue weighted by Gasteiger charge is -2.20. The van der Waals surface area contributed by atoms with Gasteiger partial charge >= 0.3 is 0 Å². The van der Waals surface area contributed by atoms with E-state index in [-0.39, 0.29) is 5.91 Å². The van der Waals surface area contributed by atoms with Crippen molar-refractivity contribution in [3.8, 4) is 0 Å². The highest BCUT2D eigenvalue weighted by molar-refractivity contribution is 7.09. The van der Waals surface area contributed by atoms with Crippen LogP contribution in [0.2, 0.25) is 0 Å². The smallest absolute Gasteiger partial charge is 0.256 e. The molecule has 3 rings (SSSR count). The number of nitrogens with one attached hydrogen (secondary N) is 1. The fraction of sp³-hybridized carbons (Fsp3) is 0.133. The van der Waals surface area contributed by atoms with E-state index in [2.05, 4.69) is 22.0 Å². The number of carbonyl (C=O) groups excluding carboxylic acids is 1. The van der Waals surface area contributed by atoms with Gasteiger partial charge in [-0.3, -0.25) is 4.79 Å². The number of hydrogen-bond acceptors (Lipinski definition) is 4. The van der Waals surface area contributed by atoms with Crippen molar-refractivity contribution in [1.29, 1.82) is 0 Å². The van der Waals surface area contributed by atoms with Gasteiger partial charge in [-0.25, -0.2) is 0 Å². The molecule has 2 aromatic heterocycles. The molecule has 0 aliphatic carbocycles. The monoisotopic (exact) mass is 298 g/mol. The molecule has 21 heavy (non-hydrogen) atoms. The van der Waals surface area contributed by atoms with Crippen molar-refractivity contribution in [2.75, 3.05) is 6.54 Å². The Morgan fingerprint density at radius 1 is 1.33 bits per heavy atom. The number of thiophene rings is 1. The Balaban J connectivity index is 1.93. The van der Waals surface area contributed by atoms with Gasteiger partial charge in [0.2, 0.25) is 0 Å². The van der Waals surface area contributed by atoms with Crippen LogP contribution >= 0.6 is 11.3 Å².